The molecule has 0 fully saturated rings. The van der Waals surface area contributed by atoms with Crippen molar-refractivity contribution in [2.24, 2.45) is 0 Å². The monoisotopic (exact) mass is 307 g/mol. The van der Waals surface area contributed by atoms with Crippen LogP contribution in [0.4, 0.5) is 4.39 Å². The minimum absolute atomic E-state index is 0.187. The minimum Gasteiger partial charge on any atom is -0.489 e. The SMILES string of the molecule is CC(C)NCc1ccc(OCc2ccc(Cl)cc2F)cc1. The molecule has 2 nitrogen and oxygen atoms in total. The van der Waals surface area contributed by atoms with Crippen LogP contribution >= 0.6 is 11.6 Å². The van der Waals surface area contributed by atoms with Crippen molar-refractivity contribution in [3.8, 4) is 5.75 Å². The molecule has 0 amide bonds. The lowest BCUT2D eigenvalue weighted by molar-refractivity contribution is 0.300. The topological polar surface area (TPSA) is 21.3 Å². The van der Waals surface area contributed by atoms with Crippen molar-refractivity contribution in [3.05, 3.63) is 64.4 Å². The molecule has 0 aliphatic heterocycles. The highest BCUT2D eigenvalue weighted by atomic mass is 35.5. The highest BCUT2D eigenvalue weighted by Gasteiger charge is 2.04. The highest BCUT2D eigenvalue weighted by Crippen LogP contribution is 2.18. The first kappa shape index (κ1) is 15.8. The number of hydrogen-bond donors (Lipinski definition) is 1. The predicted molar refractivity (Wildman–Crippen MR) is 84.2 cm³/mol. The summed E-state index contributed by atoms with van der Waals surface area (Å²) in [6.45, 7) is 5.23. The van der Waals surface area contributed by atoms with Crippen LogP contribution in [0.3, 0.4) is 0 Å². The number of nitrogens with one attached hydrogen (secondary N) is 1. The molecular weight excluding hydrogens is 289 g/mol. The summed E-state index contributed by atoms with van der Waals surface area (Å²) >= 11 is 5.72. The first-order valence-electron chi connectivity index (χ1n) is 6.93. The minimum atomic E-state index is -0.347. The molecule has 4 heteroatoms. The van der Waals surface area contributed by atoms with Gasteiger partial charge in [-0.15, -0.1) is 0 Å². The molecule has 0 bridgehead atoms. The Morgan fingerprint density at radius 2 is 1.86 bits per heavy atom. The van der Waals surface area contributed by atoms with E-state index in [9.17, 15) is 4.39 Å². The smallest absolute Gasteiger partial charge is 0.131 e. The van der Waals surface area contributed by atoms with Gasteiger partial charge in [-0.05, 0) is 29.8 Å². The average Bonchev–Trinajstić information content (AvgIpc) is 2.45. The highest BCUT2D eigenvalue weighted by molar-refractivity contribution is 6.30. The number of benzene rings is 2. The zero-order valence-electron chi connectivity index (χ0n) is 12.2. The Balaban J connectivity index is 1.91. The van der Waals surface area contributed by atoms with Crippen molar-refractivity contribution in [1.82, 2.24) is 5.32 Å². The zero-order valence-corrected chi connectivity index (χ0v) is 13.0. The van der Waals surface area contributed by atoms with Crippen molar-refractivity contribution in [2.45, 2.75) is 33.0 Å². The fraction of sp³-hybridized carbons (Fsp3) is 0.294. The zero-order chi connectivity index (χ0) is 15.2. The molecule has 0 heterocycles. The summed E-state index contributed by atoms with van der Waals surface area (Å²) in [5.41, 5.74) is 1.68. The van der Waals surface area contributed by atoms with Gasteiger partial charge in [-0.1, -0.05) is 43.6 Å². The van der Waals surface area contributed by atoms with Gasteiger partial charge in [0.2, 0.25) is 0 Å². The van der Waals surface area contributed by atoms with E-state index in [1.807, 2.05) is 24.3 Å². The molecule has 2 rings (SSSR count). The van der Waals surface area contributed by atoms with Gasteiger partial charge in [-0.25, -0.2) is 4.39 Å². The molecule has 0 radical (unpaired) electrons. The summed E-state index contributed by atoms with van der Waals surface area (Å²) < 4.78 is 19.2. The van der Waals surface area contributed by atoms with Crippen molar-refractivity contribution in [3.63, 3.8) is 0 Å². The Hall–Kier alpha value is -1.58. The van der Waals surface area contributed by atoms with Crippen LogP contribution in [0.2, 0.25) is 5.02 Å². The number of halogens is 2. The van der Waals surface area contributed by atoms with Gasteiger partial charge in [0.1, 0.15) is 18.2 Å². The molecule has 0 saturated carbocycles. The van der Waals surface area contributed by atoms with Crippen molar-refractivity contribution < 1.29 is 9.13 Å². The number of hydrogen-bond acceptors (Lipinski definition) is 2. The van der Waals surface area contributed by atoms with E-state index in [1.165, 1.54) is 11.6 Å². The molecule has 0 unspecified atom stereocenters. The molecule has 0 aliphatic carbocycles. The molecule has 21 heavy (non-hydrogen) atoms. The molecule has 2 aromatic rings. The maximum Gasteiger partial charge on any atom is 0.131 e. The van der Waals surface area contributed by atoms with E-state index in [4.69, 9.17) is 16.3 Å². The summed E-state index contributed by atoms with van der Waals surface area (Å²) in [5, 5.41) is 3.74. The second-order valence-electron chi connectivity index (χ2n) is 5.20. The van der Waals surface area contributed by atoms with Crippen molar-refractivity contribution >= 4 is 11.6 Å². The fourth-order valence-electron chi connectivity index (χ4n) is 1.83. The summed E-state index contributed by atoms with van der Waals surface area (Å²) in [6, 6.07) is 12.8. The fourth-order valence-corrected chi connectivity index (χ4v) is 1.98. The number of rotatable bonds is 6. The lowest BCUT2D eigenvalue weighted by Gasteiger charge is -2.10. The molecule has 0 spiro atoms. The third-order valence-electron chi connectivity index (χ3n) is 3.05. The number of ether oxygens (including phenoxy) is 1. The van der Waals surface area contributed by atoms with Crippen molar-refractivity contribution in [1.29, 1.82) is 0 Å². The Kier molecular flexibility index (Phi) is 5.59. The van der Waals surface area contributed by atoms with Crippen LogP contribution < -0.4 is 10.1 Å². The summed E-state index contributed by atoms with van der Waals surface area (Å²) in [5.74, 6) is 0.373. The molecular formula is C17H19ClFNO. The Labute approximate surface area is 129 Å². The van der Waals surface area contributed by atoms with E-state index in [2.05, 4.69) is 19.2 Å². The second-order valence-corrected chi connectivity index (χ2v) is 5.64. The van der Waals surface area contributed by atoms with Crippen LogP contribution in [-0.2, 0) is 13.2 Å². The lowest BCUT2D eigenvalue weighted by atomic mass is 10.2. The quantitative estimate of drug-likeness (QED) is 0.845. The van der Waals surface area contributed by atoms with Crippen LogP contribution in [0.25, 0.3) is 0 Å². The normalized spacial score (nSPS) is 10.9. The van der Waals surface area contributed by atoms with E-state index < -0.39 is 0 Å². The standard InChI is InChI=1S/C17H19ClFNO/c1-12(2)20-10-13-3-7-16(8-4-13)21-11-14-5-6-15(18)9-17(14)19/h3-9,12,20H,10-11H2,1-2H3. The van der Waals surface area contributed by atoms with Gasteiger partial charge in [-0.2, -0.15) is 0 Å². The van der Waals surface area contributed by atoms with Crippen LogP contribution in [-0.4, -0.2) is 6.04 Å². The maximum absolute atomic E-state index is 13.6. The lowest BCUT2D eigenvalue weighted by Crippen LogP contribution is -2.21. The van der Waals surface area contributed by atoms with Crippen LogP contribution in [0, 0.1) is 5.82 Å². The Morgan fingerprint density at radius 3 is 2.48 bits per heavy atom. The van der Waals surface area contributed by atoms with E-state index >= 15 is 0 Å². The van der Waals surface area contributed by atoms with Gasteiger partial charge >= 0.3 is 0 Å². The van der Waals surface area contributed by atoms with Gasteiger partial charge < -0.3 is 10.1 Å². The second kappa shape index (κ2) is 7.43. The van der Waals surface area contributed by atoms with Crippen LogP contribution in [0.1, 0.15) is 25.0 Å². The van der Waals surface area contributed by atoms with Crippen LogP contribution in [0.5, 0.6) is 5.75 Å². The Bertz CT molecular complexity index is 584. The van der Waals surface area contributed by atoms with Gasteiger partial charge in [-0.3, -0.25) is 0 Å². The summed E-state index contributed by atoms with van der Waals surface area (Å²) in [4.78, 5) is 0. The third-order valence-corrected chi connectivity index (χ3v) is 3.28. The van der Waals surface area contributed by atoms with E-state index in [0.717, 1.165) is 12.3 Å². The maximum atomic E-state index is 13.6. The van der Waals surface area contributed by atoms with E-state index in [0.29, 0.717) is 16.6 Å². The van der Waals surface area contributed by atoms with E-state index in [-0.39, 0.29) is 12.4 Å². The summed E-state index contributed by atoms with van der Waals surface area (Å²) in [7, 11) is 0. The van der Waals surface area contributed by atoms with E-state index in [1.54, 1.807) is 12.1 Å². The van der Waals surface area contributed by atoms with Gasteiger partial charge in [0.15, 0.2) is 0 Å². The molecule has 2 aromatic carbocycles. The van der Waals surface area contributed by atoms with Gasteiger partial charge in [0, 0.05) is 23.2 Å². The molecule has 0 aromatic heterocycles. The largest absolute Gasteiger partial charge is 0.489 e. The molecule has 0 aliphatic rings. The van der Waals surface area contributed by atoms with Gasteiger partial charge in [0.25, 0.3) is 0 Å². The van der Waals surface area contributed by atoms with Crippen LogP contribution in [0.15, 0.2) is 42.5 Å². The average molecular weight is 308 g/mol. The molecule has 0 saturated heterocycles. The summed E-state index contributed by atoms with van der Waals surface area (Å²) in [6.07, 6.45) is 0. The van der Waals surface area contributed by atoms with Crippen molar-refractivity contribution in [2.75, 3.05) is 0 Å². The predicted octanol–water partition coefficient (Wildman–Crippen LogP) is 4.56. The first-order chi connectivity index (χ1) is 10.0. The molecule has 0 atom stereocenters. The Morgan fingerprint density at radius 1 is 1.14 bits per heavy atom. The third kappa shape index (κ3) is 5.03. The molecule has 112 valence electrons. The molecule has 1 N–H and O–H groups in total. The first-order valence-corrected chi connectivity index (χ1v) is 7.31. The van der Waals surface area contributed by atoms with Gasteiger partial charge in [0.05, 0.1) is 0 Å².